The van der Waals surface area contributed by atoms with Gasteiger partial charge in [0, 0.05) is 12.6 Å². The van der Waals surface area contributed by atoms with Crippen LogP contribution >= 0.6 is 11.6 Å². The summed E-state index contributed by atoms with van der Waals surface area (Å²) in [6.45, 7) is 6.73. The van der Waals surface area contributed by atoms with Crippen LogP contribution in [0.15, 0.2) is 0 Å². The first-order valence-corrected chi connectivity index (χ1v) is 4.91. The van der Waals surface area contributed by atoms with Crippen LogP contribution < -0.4 is 10.6 Å². The fraction of sp³-hybridized carbons (Fsp3) is 0.625. The first-order valence-electron chi connectivity index (χ1n) is 4.53. The van der Waals surface area contributed by atoms with Crippen LogP contribution in [0.4, 0.5) is 11.9 Å². The normalized spacial score (nSPS) is 10.4. The van der Waals surface area contributed by atoms with E-state index in [2.05, 4.69) is 25.6 Å². The van der Waals surface area contributed by atoms with Gasteiger partial charge in [-0.05, 0) is 32.4 Å². The SMILES string of the molecule is CC[15NH]c1nc(Cl)nc(NC(C)C)n1. The average molecular weight is 217 g/mol. The van der Waals surface area contributed by atoms with Crippen molar-refractivity contribution in [3.63, 3.8) is 0 Å². The average Bonchev–Trinajstić information content (AvgIpc) is 2.01. The van der Waals surface area contributed by atoms with E-state index < -0.39 is 0 Å². The third kappa shape index (κ3) is 3.33. The van der Waals surface area contributed by atoms with Gasteiger partial charge >= 0.3 is 0 Å². The van der Waals surface area contributed by atoms with Gasteiger partial charge in [0.25, 0.3) is 0 Å². The van der Waals surface area contributed by atoms with Crippen molar-refractivity contribution in [2.45, 2.75) is 26.8 Å². The smallest absolute Gasteiger partial charge is 0.228 e. The molecule has 0 atom stereocenters. The lowest BCUT2D eigenvalue weighted by Crippen LogP contribution is -2.14. The molecule has 1 aromatic heterocycles. The molecule has 0 aliphatic carbocycles. The Morgan fingerprint density at radius 1 is 1.21 bits per heavy atom. The van der Waals surface area contributed by atoms with Crippen molar-refractivity contribution >= 4 is 23.5 Å². The van der Waals surface area contributed by atoms with Gasteiger partial charge in [0.15, 0.2) is 0 Å². The highest BCUT2D eigenvalue weighted by molar-refractivity contribution is 6.28. The van der Waals surface area contributed by atoms with Gasteiger partial charge in [-0.25, -0.2) is 0 Å². The molecule has 1 aromatic rings. The van der Waals surface area contributed by atoms with Crippen LogP contribution in [0.5, 0.6) is 0 Å². The highest BCUT2D eigenvalue weighted by Crippen LogP contribution is 2.09. The zero-order chi connectivity index (χ0) is 10.6. The van der Waals surface area contributed by atoms with E-state index in [4.69, 9.17) is 11.6 Å². The molecule has 0 aliphatic heterocycles. The predicted octanol–water partition coefficient (Wildman–Crippen LogP) is 1.78. The van der Waals surface area contributed by atoms with E-state index in [-0.39, 0.29) is 11.3 Å². The molecule has 78 valence electrons. The first-order chi connectivity index (χ1) is 6.61. The van der Waals surface area contributed by atoms with Crippen molar-refractivity contribution in [1.29, 1.82) is 0 Å². The molecule has 0 radical (unpaired) electrons. The minimum absolute atomic E-state index is 0.194. The third-order valence-electron chi connectivity index (χ3n) is 1.36. The number of aromatic nitrogens is 3. The van der Waals surface area contributed by atoms with Crippen LogP contribution in [-0.2, 0) is 0 Å². The van der Waals surface area contributed by atoms with E-state index in [1.807, 2.05) is 20.8 Å². The number of halogens is 1. The largest absolute Gasteiger partial charge is 0.354 e. The van der Waals surface area contributed by atoms with Crippen molar-refractivity contribution in [2.75, 3.05) is 17.2 Å². The second-order valence-corrected chi connectivity index (χ2v) is 3.42. The van der Waals surface area contributed by atoms with E-state index in [0.717, 1.165) is 6.54 Å². The van der Waals surface area contributed by atoms with E-state index in [1.165, 1.54) is 0 Å². The second-order valence-electron chi connectivity index (χ2n) is 3.08. The van der Waals surface area contributed by atoms with Crippen molar-refractivity contribution in [3.8, 4) is 0 Å². The Labute approximate surface area is 88.3 Å². The Hall–Kier alpha value is -1.10. The maximum Gasteiger partial charge on any atom is 0.228 e. The van der Waals surface area contributed by atoms with E-state index in [9.17, 15) is 0 Å². The number of hydrogen-bond donors (Lipinski definition) is 2. The highest BCUT2D eigenvalue weighted by atomic mass is 35.5. The Balaban J connectivity index is 2.83. The van der Waals surface area contributed by atoms with Crippen molar-refractivity contribution < 1.29 is 0 Å². The molecular formula is C8H14ClN5. The molecule has 1 rings (SSSR count). The number of hydrogen-bond acceptors (Lipinski definition) is 5. The Morgan fingerprint density at radius 2 is 1.86 bits per heavy atom. The summed E-state index contributed by atoms with van der Waals surface area (Å²) in [6, 6.07) is 0.267. The van der Waals surface area contributed by atoms with Gasteiger partial charge in [0.1, 0.15) is 0 Å². The zero-order valence-corrected chi connectivity index (χ0v) is 9.26. The van der Waals surface area contributed by atoms with E-state index >= 15 is 0 Å². The monoisotopic (exact) mass is 216 g/mol. The lowest BCUT2D eigenvalue weighted by Gasteiger charge is -2.09. The number of nitrogens with one attached hydrogen (secondary N) is 2. The number of rotatable bonds is 4. The van der Waals surface area contributed by atoms with Crippen LogP contribution in [0.3, 0.4) is 0 Å². The molecular weight excluding hydrogens is 203 g/mol. The Morgan fingerprint density at radius 3 is 2.43 bits per heavy atom. The number of nitrogens with zero attached hydrogens (tertiary/aromatic N) is 3. The molecule has 0 unspecified atom stereocenters. The minimum Gasteiger partial charge on any atom is -0.354 e. The molecule has 2 N–H and O–H groups in total. The first kappa shape index (κ1) is 11.0. The second kappa shape index (κ2) is 4.95. The molecule has 14 heavy (non-hydrogen) atoms. The number of anilines is 2. The summed E-state index contributed by atoms with van der Waals surface area (Å²) in [6.07, 6.45) is 0. The van der Waals surface area contributed by atoms with E-state index in [0.29, 0.717) is 11.9 Å². The van der Waals surface area contributed by atoms with Gasteiger partial charge in [-0.3, -0.25) is 0 Å². The van der Waals surface area contributed by atoms with Crippen LogP contribution in [0, 0.1) is 0 Å². The van der Waals surface area contributed by atoms with E-state index in [1.54, 1.807) is 0 Å². The highest BCUT2D eigenvalue weighted by Gasteiger charge is 2.04. The minimum atomic E-state index is 0.194. The molecule has 1 heterocycles. The standard InChI is InChI=1S/C8H14ClN5/c1-4-10-7-12-6(9)13-8(14-7)11-5(2)3/h5H,4H2,1-3H3,(H2,10,11,12,13,14)/i10+1. The van der Waals surface area contributed by atoms with Crippen LogP contribution in [-0.4, -0.2) is 27.5 Å². The summed E-state index contributed by atoms with van der Waals surface area (Å²) in [7, 11) is 0. The summed E-state index contributed by atoms with van der Waals surface area (Å²) < 4.78 is 0. The lowest BCUT2D eigenvalue weighted by atomic mass is 10.4. The summed E-state index contributed by atoms with van der Waals surface area (Å²) >= 11 is 5.73. The quantitative estimate of drug-likeness (QED) is 0.752. The molecule has 0 fully saturated rings. The fourth-order valence-electron chi connectivity index (χ4n) is 0.910. The van der Waals surface area contributed by atoms with Crippen LogP contribution in [0.25, 0.3) is 0 Å². The Kier molecular flexibility index (Phi) is 3.88. The summed E-state index contributed by atoms with van der Waals surface area (Å²) in [5.74, 6) is 0.992. The van der Waals surface area contributed by atoms with Gasteiger partial charge < -0.3 is 10.6 Å². The van der Waals surface area contributed by atoms with Crippen LogP contribution in [0.2, 0.25) is 5.28 Å². The lowest BCUT2D eigenvalue weighted by molar-refractivity contribution is 0.866. The van der Waals surface area contributed by atoms with Gasteiger partial charge in [-0.1, -0.05) is 0 Å². The molecule has 0 spiro atoms. The molecule has 0 aromatic carbocycles. The summed E-state index contributed by atoms with van der Waals surface area (Å²) in [5.41, 5.74) is 0. The van der Waals surface area contributed by atoms with Gasteiger partial charge in [-0.2, -0.15) is 15.0 Å². The molecule has 0 saturated heterocycles. The zero-order valence-electron chi connectivity index (χ0n) is 8.50. The molecule has 0 amide bonds. The fourth-order valence-corrected chi connectivity index (χ4v) is 1.07. The maximum atomic E-state index is 5.73. The molecule has 0 saturated carbocycles. The Bertz CT molecular complexity index is 302. The maximum absolute atomic E-state index is 5.73. The van der Waals surface area contributed by atoms with Gasteiger partial charge in [0.05, 0.1) is 0 Å². The molecule has 5 nitrogen and oxygen atoms in total. The molecule has 6 heteroatoms. The van der Waals surface area contributed by atoms with Crippen molar-refractivity contribution in [1.82, 2.24) is 15.0 Å². The molecule has 0 bridgehead atoms. The summed E-state index contributed by atoms with van der Waals surface area (Å²) in [5, 5.41) is 6.23. The van der Waals surface area contributed by atoms with Gasteiger partial charge in [-0.15, -0.1) is 0 Å². The van der Waals surface area contributed by atoms with Crippen molar-refractivity contribution in [2.24, 2.45) is 0 Å². The predicted molar refractivity (Wildman–Crippen MR) is 57.8 cm³/mol. The topological polar surface area (TPSA) is 62.7 Å². The third-order valence-corrected chi connectivity index (χ3v) is 1.53. The summed E-state index contributed by atoms with van der Waals surface area (Å²) in [4.78, 5) is 12.0. The van der Waals surface area contributed by atoms with Crippen molar-refractivity contribution in [3.05, 3.63) is 5.28 Å². The van der Waals surface area contributed by atoms with Gasteiger partial charge in [0.2, 0.25) is 17.2 Å². The molecule has 0 aliphatic rings. The van der Waals surface area contributed by atoms with Crippen LogP contribution in [0.1, 0.15) is 20.8 Å².